The summed E-state index contributed by atoms with van der Waals surface area (Å²) in [5.41, 5.74) is 0.534. The summed E-state index contributed by atoms with van der Waals surface area (Å²) in [7, 11) is 1.49. The van der Waals surface area contributed by atoms with E-state index in [-0.39, 0.29) is 18.1 Å². The van der Waals surface area contributed by atoms with Crippen LogP contribution in [0.1, 0.15) is 17.9 Å². The molecule has 3 rings (SSSR count). The van der Waals surface area contributed by atoms with E-state index >= 15 is 0 Å². The van der Waals surface area contributed by atoms with Gasteiger partial charge in [-0.3, -0.25) is 14.2 Å². The van der Waals surface area contributed by atoms with Crippen molar-refractivity contribution in [2.45, 2.75) is 26.1 Å². The van der Waals surface area contributed by atoms with Gasteiger partial charge in [-0.15, -0.1) is 0 Å². The van der Waals surface area contributed by atoms with E-state index in [2.05, 4.69) is 15.3 Å². The fourth-order valence-corrected chi connectivity index (χ4v) is 2.80. The SMILES string of the molecule is COCC(=O)N1CCCn2c(nc(CNc3ccccn3)cc2=O)C1. The molecule has 0 aliphatic carbocycles. The molecule has 0 saturated carbocycles. The van der Waals surface area contributed by atoms with E-state index in [0.29, 0.717) is 37.7 Å². The minimum Gasteiger partial charge on any atom is -0.375 e. The van der Waals surface area contributed by atoms with Crippen LogP contribution in [-0.4, -0.2) is 45.6 Å². The molecule has 0 saturated heterocycles. The third kappa shape index (κ3) is 4.21. The second kappa shape index (κ2) is 7.89. The molecule has 0 aromatic carbocycles. The predicted octanol–water partition coefficient (Wildman–Crippen LogP) is 0.629. The molecule has 1 aliphatic heterocycles. The number of carbonyl (C=O) groups excluding carboxylic acids is 1. The molecule has 0 bridgehead atoms. The smallest absolute Gasteiger partial charge is 0.253 e. The number of rotatable bonds is 5. The summed E-state index contributed by atoms with van der Waals surface area (Å²) in [6.07, 6.45) is 2.41. The zero-order chi connectivity index (χ0) is 17.6. The van der Waals surface area contributed by atoms with Gasteiger partial charge in [0.2, 0.25) is 5.91 Å². The fraction of sp³-hybridized carbons (Fsp3) is 0.412. The number of aromatic nitrogens is 3. The summed E-state index contributed by atoms with van der Waals surface area (Å²) in [4.78, 5) is 35.0. The number of fused-ring (bicyclic) bond motifs is 1. The topological polar surface area (TPSA) is 89.3 Å². The highest BCUT2D eigenvalue weighted by Gasteiger charge is 2.21. The van der Waals surface area contributed by atoms with Gasteiger partial charge in [-0.1, -0.05) is 6.07 Å². The molecule has 2 aromatic rings. The van der Waals surface area contributed by atoms with E-state index in [1.54, 1.807) is 15.7 Å². The van der Waals surface area contributed by atoms with Crippen LogP contribution in [0.5, 0.6) is 0 Å². The molecule has 0 radical (unpaired) electrons. The van der Waals surface area contributed by atoms with Crippen molar-refractivity contribution in [3.8, 4) is 0 Å². The lowest BCUT2D eigenvalue weighted by Crippen LogP contribution is -2.34. The van der Waals surface area contributed by atoms with Gasteiger partial charge in [0.1, 0.15) is 18.2 Å². The molecule has 0 fully saturated rings. The third-order valence-electron chi connectivity index (χ3n) is 4.02. The predicted molar refractivity (Wildman–Crippen MR) is 92.0 cm³/mol. The quantitative estimate of drug-likeness (QED) is 0.856. The van der Waals surface area contributed by atoms with Gasteiger partial charge < -0.3 is 15.0 Å². The average molecular weight is 343 g/mol. The number of hydrogen-bond donors (Lipinski definition) is 1. The van der Waals surface area contributed by atoms with Gasteiger partial charge in [0.15, 0.2) is 0 Å². The molecule has 2 aromatic heterocycles. The van der Waals surface area contributed by atoms with E-state index in [1.165, 1.54) is 13.2 Å². The summed E-state index contributed by atoms with van der Waals surface area (Å²) >= 11 is 0. The maximum Gasteiger partial charge on any atom is 0.253 e. The van der Waals surface area contributed by atoms with Gasteiger partial charge in [0.05, 0.1) is 18.8 Å². The maximum absolute atomic E-state index is 12.4. The molecule has 25 heavy (non-hydrogen) atoms. The van der Waals surface area contributed by atoms with Crippen LogP contribution in [0.2, 0.25) is 0 Å². The maximum atomic E-state index is 12.4. The van der Waals surface area contributed by atoms with Crippen molar-refractivity contribution in [1.82, 2.24) is 19.4 Å². The molecule has 1 aliphatic rings. The molecule has 1 amide bonds. The van der Waals surface area contributed by atoms with Gasteiger partial charge >= 0.3 is 0 Å². The van der Waals surface area contributed by atoms with Crippen molar-refractivity contribution in [2.24, 2.45) is 0 Å². The number of ether oxygens (including phenoxy) is 1. The first-order valence-corrected chi connectivity index (χ1v) is 8.18. The molecular weight excluding hydrogens is 322 g/mol. The molecule has 8 nitrogen and oxygen atoms in total. The second-order valence-electron chi connectivity index (χ2n) is 5.82. The summed E-state index contributed by atoms with van der Waals surface area (Å²) in [6, 6.07) is 7.10. The van der Waals surface area contributed by atoms with Gasteiger partial charge in [0.25, 0.3) is 5.56 Å². The number of nitrogens with zero attached hydrogens (tertiary/aromatic N) is 4. The first-order valence-electron chi connectivity index (χ1n) is 8.18. The molecule has 8 heteroatoms. The number of methoxy groups -OCH3 is 1. The van der Waals surface area contributed by atoms with Crippen molar-refractivity contribution in [1.29, 1.82) is 0 Å². The lowest BCUT2D eigenvalue weighted by atomic mass is 10.3. The Balaban J connectivity index is 1.79. The normalized spacial score (nSPS) is 13.9. The van der Waals surface area contributed by atoms with Crippen LogP contribution >= 0.6 is 0 Å². The number of hydrogen-bond acceptors (Lipinski definition) is 6. The zero-order valence-corrected chi connectivity index (χ0v) is 14.1. The summed E-state index contributed by atoms with van der Waals surface area (Å²) in [5.74, 6) is 1.23. The zero-order valence-electron chi connectivity index (χ0n) is 14.1. The molecule has 3 heterocycles. The Labute approximate surface area is 145 Å². The van der Waals surface area contributed by atoms with Gasteiger partial charge in [-0.2, -0.15) is 0 Å². The Bertz CT molecular complexity index is 791. The van der Waals surface area contributed by atoms with Crippen molar-refractivity contribution >= 4 is 11.7 Å². The first-order chi connectivity index (χ1) is 12.2. The summed E-state index contributed by atoms with van der Waals surface area (Å²) < 4.78 is 6.57. The summed E-state index contributed by atoms with van der Waals surface area (Å²) in [5, 5.41) is 3.14. The first kappa shape index (κ1) is 17.1. The van der Waals surface area contributed by atoms with Crippen molar-refractivity contribution in [3.63, 3.8) is 0 Å². The number of carbonyl (C=O) groups is 1. The molecule has 0 spiro atoms. The highest BCUT2D eigenvalue weighted by molar-refractivity contribution is 5.77. The minimum atomic E-state index is -0.0952. The van der Waals surface area contributed by atoms with Crippen molar-refractivity contribution in [2.75, 3.05) is 25.6 Å². The minimum absolute atomic E-state index is 0.0329. The van der Waals surface area contributed by atoms with E-state index < -0.39 is 0 Å². The van der Waals surface area contributed by atoms with Gasteiger partial charge in [-0.25, -0.2) is 9.97 Å². The Morgan fingerprint density at radius 3 is 3.00 bits per heavy atom. The average Bonchev–Trinajstić information content (AvgIpc) is 2.84. The Morgan fingerprint density at radius 1 is 1.36 bits per heavy atom. The van der Waals surface area contributed by atoms with E-state index in [4.69, 9.17) is 4.74 Å². The number of anilines is 1. The highest BCUT2D eigenvalue weighted by atomic mass is 16.5. The van der Waals surface area contributed by atoms with Gasteiger partial charge in [-0.05, 0) is 18.6 Å². The Morgan fingerprint density at radius 2 is 2.24 bits per heavy atom. The lowest BCUT2D eigenvalue weighted by Gasteiger charge is -2.19. The largest absolute Gasteiger partial charge is 0.375 e. The van der Waals surface area contributed by atoms with Crippen LogP contribution in [0.25, 0.3) is 0 Å². The molecule has 0 atom stereocenters. The third-order valence-corrected chi connectivity index (χ3v) is 4.02. The van der Waals surface area contributed by atoms with Crippen LogP contribution in [0.4, 0.5) is 5.82 Å². The fourth-order valence-electron chi connectivity index (χ4n) is 2.80. The van der Waals surface area contributed by atoms with Crippen LogP contribution in [0, 0.1) is 0 Å². The van der Waals surface area contributed by atoms with Crippen LogP contribution < -0.4 is 10.9 Å². The number of nitrogens with one attached hydrogen (secondary N) is 1. The van der Waals surface area contributed by atoms with Crippen LogP contribution in [-0.2, 0) is 29.2 Å². The number of pyridine rings is 1. The van der Waals surface area contributed by atoms with Crippen molar-refractivity contribution in [3.05, 3.63) is 52.3 Å². The molecular formula is C17H21N5O3. The van der Waals surface area contributed by atoms with Crippen LogP contribution in [0.15, 0.2) is 35.3 Å². The standard InChI is InChI=1S/C17H21N5O3/c1-25-12-17(24)21-7-4-8-22-15(11-21)20-13(9-16(22)23)10-19-14-5-2-3-6-18-14/h2-3,5-6,9H,4,7-8,10-12H2,1H3,(H,18,19). The second-order valence-corrected chi connectivity index (χ2v) is 5.82. The van der Waals surface area contributed by atoms with Gasteiger partial charge in [0, 0.05) is 32.5 Å². The highest BCUT2D eigenvalue weighted by Crippen LogP contribution is 2.10. The molecule has 1 N–H and O–H groups in total. The molecule has 0 unspecified atom stereocenters. The van der Waals surface area contributed by atoms with E-state index in [9.17, 15) is 9.59 Å². The monoisotopic (exact) mass is 343 g/mol. The Hall–Kier alpha value is -2.74. The number of amides is 1. The van der Waals surface area contributed by atoms with Crippen molar-refractivity contribution < 1.29 is 9.53 Å². The summed E-state index contributed by atoms with van der Waals surface area (Å²) in [6.45, 7) is 1.89. The van der Waals surface area contributed by atoms with E-state index in [1.807, 2.05) is 18.2 Å². The Kier molecular flexibility index (Phi) is 5.39. The van der Waals surface area contributed by atoms with Crippen LogP contribution in [0.3, 0.4) is 0 Å². The molecule has 132 valence electrons. The lowest BCUT2D eigenvalue weighted by molar-refractivity contribution is -0.135. The van der Waals surface area contributed by atoms with E-state index in [0.717, 1.165) is 12.2 Å².